The number of hydrogen-bond acceptors (Lipinski definition) is 3. The molecule has 1 amide bonds. The number of benzene rings is 2. The van der Waals surface area contributed by atoms with Gasteiger partial charge >= 0.3 is 6.18 Å². The van der Waals surface area contributed by atoms with Gasteiger partial charge in [-0.3, -0.25) is 10.2 Å². The number of primary amides is 1. The minimum absolute atomic E-state index is 0.104. The second-order valence-corrected chi connectivity index (χ2v) is 11.0. The maximum atomic E-state index is 12.8. The molecule has 5 N–H and O–H groups in total. The molecule has 1 atom stereocenters. The van der Waals surface area contributed by atoms with Gasteiger partial charge in [0, 0.05) is 36.2 Å². The van der Waals surface area contributed by atoms with Crippen LogP contribution in [0.5, 0.6) is 0 Å². The molecule has 3 aromatic rings. The number of amidine groups is 1. The van der Waals surface area contributed by atoms with E-state index in [1.807, 2.05) is 11.0 Å². The molecule has 0 spiro atoms. The summed E-state index contributed by atoms with van der Waals surface area (Å²) in [6.45, 7) is 1.25. The number of nitrogens with one attached hydrogen (secondary N) is 3. The zero-order chi connectivity index (χ0) is 28.3. The molecule has 2 heterocycles. The van der Waals surface area contributed by atoms with E-state index in [9.17, 15) is 18.0 Å². The predicted octanol–water partition coefficient (Wildman–Crippen LogP) is 6.06. The van der Waals surface area contributed by atoms with Gasteiger partial charge in [-0.2, -0.15) is 13.2 Å². The minimum Gasteiger partial charge on any atom is -0.368 e. The van der Waals surface area contributed by atoms with Gasteiger partial charge in [0.25, 0.3) is 0 Å². The van der Waals surface area contributed by atoms with Crippen molar-refractivity contribution in [1.29, 1.82) is 5.41 Å². The highest BCUT2D eigenvalue weighted by molar-refractivity contribution is 5.94. The molecule has 0 radical (unpaired) electrons. The Bertz CT molecular complexity index is 1350. The highest BCUT2D eigenvalue weighted by Gasteiger charge is 2.34. The van der Waals surface area contributed by atoms with Crippen LogP contribution in [-0.2, 0) is 11.0 Å². The van der Waals surface area contributed by atoms with Crippen LogP contribution in [0, 0.1) is 11.3 Å². The number of aromatic nitrogens is 1. The van der Waals surface area contributed by atoms with Crippen molar-refractivity contribution in [1.82, 2.24) is 15.2 Å². The monoisotopic (exact) mass is 551 g/mol. The molecule has 2 aliphatic rings. The molecule has 5 rings (SSSR count). The zero-order valence-electron chi connectivity index (χ0n) is 22.4. The third kappa shape index (κ3) is 6.41. The number of nitrogens with two attached hydrogens (primary N) is 1. The van der Waals surface area contributed by atoms with Crippen molar-refractivity contribution in [2.45, 2.75) is 62.7 Å². The molecule has 1 aromatic heterocycles. The summed E-state index contributed by atoms with van der Waals surface area (Å²) in [5.41, 5.74) is 8.31. The molecule has 1 saturated heterocycles. The van der Waals surface area contributed by atoms with Gasteiger partial charge in [-0.05, 0) is 85.8 Å². The number of rotatable bonds is 7. The second-order valence-electron chi connectivity index (χ2n) is 11.0. The van der Waals surface area contributed by atoms with Gasteiger partial charge in [-0.15, -0.1) is 0 Å². The van der Waals surface area contributed by atoms with Gasteiger partial charge in [-0.1, -0.05) is 36.4 Å². The average molecular weight is 552 g/mol. The molecule has 2 fully saturated rings. The molecule has 1 aliphatic carbocycles. The Labute approximate surface area is 232 Å². The van der Waals surface area contributed by atoms with Crippen LogP contribution in [0.25, 0.3) is 17.0 Å². The number of likely N-dealkylation sites (tertiary alicyclic amines) is 1. The second kappa shape index (κ2) is 11.9. The number of nitrogens with zero attached hydrogens (tertiary/aromatic N) is 1. The first-order valence-corrected chi connectivity index (χ1v) is 14.0. The fourth-order valence-electron chi connectivity index (χ4n) is 6.24. The van der Waals surface area contributed by atoms with E-state index in [4.69, 9.17) is 11.1 Å². The number of H-pyrrole nitrogens is 1. The van der Waals surface area contributed by atoms with Crippen LogP contribution >= 0.6 is 0 Å². The van der Waals surface area contributed by atoms with Crippen LogP contribution in [0.4, 0.5) is 13.2 Å². The summed E-state index contributed by atoms with van der Waals surface area (Å²) >= 11 is 0. The number of piperidine rings is 1. The lowest BCUT2D eigenvalue weighted by Gasteiger charge is -2.38. The van der Waals surface area contributed by atoms with Crippen molar-refractivity contribution in [2.75, 3.05) is 13.1 Å². The van der Waals surface area contributed by atoms with Crippen molar-refractivity contribution in [3.05, 3.63) is 77.5 Å². The Balaban J connectivity index is 1.11. The zero-order valence-corrected chi connectivity index (χ0v) is 22.4. The molecule has 1 unspecified atom stereocenters. The molecule has 0 bridgehead atoms. The molecule has 2 aromatic carbocycles. The first-order chi connectivity index (χ1) is 19.2. The van der Waals surface area contributed by atoms with Gasteiger partial charge in [0.2, 0.25) is 5.91 Å². The summed E-state index contributed by atoms with van der Waals surface area (Å²) in [4.78, 5) is 17.8. The van der Waals surface area contributed by atoms with Gasteiger partial charge in [0.05, 0.1) is 11.6 Å². The summed E-state index contributed by atoms with van der Waals surface area (Å²) in [7, 11) is 0. The van der Waals surface area contributed by atoms with Crippen molar-refractivity contribution < 1.29 is 18.0 Å². The first-order valence-electron chi connectivity index (χ1n) is 14.0. The van der Waals surface area contributed by atoms with E-state index >= 15 is 0 Å². The standard InChI is InChI=1S/C31H36F3N5O/c32-31(33,34)23-10-5-20(6-11-23)7-14-28(35)39-17-15-22(16-18-39)29(30(36)40)38-24-12-8-21(9-13-24)26-19-37-27-4-2-1-3-25(26)27/h1-7,10-11,14,19,21-22,24,29,35,37-38H,8-9,12-13,15-18H2,(H2,36,40). The van der Waals surface area contributed by atoms with Crippen molar-refractivity contribution in [3.8, 4) is 0 Å². The quantitative estimate of drug-likeness (QED) is 0.212. The lowest BCUT2D eigenvalue weighted by atomic mass is 9.80. The molecule has 40 heavy (non-hydrogen) atoms. The number of carbonyl (C=O) groups excluding carboxylic acids is 1. The largest absolute Gasteiger partial charge is 0.416 e. The summed E-state index contributed by atoms with van der Waals surface area (Å²) in [5, 5.41) is 13.3. The van der Waals surface area contributed by atoms with E-state index < -0.39 is 17.8 Å². The summed E-state index contributed by atoms with van der Waals surface area (Å²) in [6.07, 6.45) is 6.61. The highest BCUT2D eigenvalue weighted by atomic mass is 19.4. The summed E-state index contributed by atoms with van der Waals surface area (Å²) in [5.74, 6) is 0.588. The summed E-state index contributed by atoms with van der Waals surface area (Å²) < 4.78 is 38.3. The number of amides is 1. The number of fused-ring (bicyclic) bond motifs is 1. The smallest absolute Gasteiger partial charge is 0.368 e. The molecular weight excluding hydrogens is 515 g/mol. The van der Waals surface area contributed by atoms with Crippen molar-refractivity contribution in [3.63, 3.8) is 0 Å². The normalized spacial score (nSPS) is 21.6. The van der Waals surface area contributed by atoms with Crippen LogP contribution in [0.3, 0.4) is 0 Å². The fourth-order valence-corrected chi connectivity index (χ4v) is 6.24. The first kappa shape index (κ1) is 28.0. The maximum Gasteiger partial charge on any atom is 0.416 e. The van der Waals surface area contributed by atoms with E-state index in [0.717, 1.165) is 50.7 Å². The van der Waals surface area contributed by atoms with Crippen molar-refractivity contribution in [2.24, 2.45) is 11.7 Å². The van der Waals surface area contributed by atoms with E-state index in [1.165, 1.54) is 28.6 Å². The molecule has 1 aliphatic heterocycles. The van der Waals surface area contributed by atoms with Crippen LogP contribution in [0.1, 0.15) is 61.1 Å². The van der Waals surface area contributed by atoms with Crippen LogP contribution in [-0.4, -0.2) is 46.8 Å². The Morgan fingerprint density at radius 2 is 1.70 bits per heavy atom. The van der Waals surface area contributed by atoms with Gasteiger partial charge in [0.15, 0.2) is 0 Å². The van der Waals surface area contributed by atoms with E-state index in [2.05, 4.69) is 34.7 Å². The van der Waals surface area contributed by atoms with E-state index in [-0.39, 0.29) is 17.9 Å². The number of aromatic amines is 1. The van der Waals surface area contributed by atoms with Gasteiger partial charge in [-0.25, -0.2) is 0 Å². The number of alkyl halides is 3. The van der Waals surface area contributed by atoms with Gasteiger partial charge in [0.1, 0.15) is 5.84 Å². The van der Waals surface area contributed by atoms with Crippen LogP contribution in [0.2, 0.25) is 0 Å². The fraction of sp³-hybridized carbons (Fsp3) is 0.419. The van der Waals surface area contributed by atoms with Crippen molar-refractivity contribution >= 4 is 28.7 Å². The maximum absolute atomic E-state index is 12.8. The van der Waals surface area contributed by atoms with Crippen LogP contribution < -0.4 is 11.1 Å². The number of hydrogen-bond donors (Lipinski definition) is 4. The lowest BCUT2D eigenvalue weighted by Crippen LogP contribution is -2.54. The molecule has 212 valence electrons. The summed E-state index contributed by atoms with van der Waals surface area (Å²) in [6, 6.07) is 13.1. The Morgan fingerprint density at radius 1 is 1.02 bits per heavy atom. The van der Waals surface area contributed by atoms with E-state index in [0.29, 0.717) is 30.4 Å². The van der Waals surface area contributed by atoms with Gasteiger partial charge < -0.3 is 20.9 Å². The highest BCUT2D eigenvalue weighted by Crippen LogP contribution is 2.37. The Morgan fingerprint density at radius 3 is 2.35 bits per heavy atom. The van der Waals surface area contributed by atoms with Crippen LogP contribution in [0.15, 0.2) is 60.8 Å². The Kier molecular flexibility index (Phi) is 8.30. The molecule has 1 saturated carbocycles. The molecule has 6 nitrogen and oxygen atoms in total. The minimum atomic E-state index is -4.37. The lowest BCUT2D eigenvalue weighted by molar-refractivity contribution is -0.137. The molecule has 9 heteroatoms. The average Bonchev–Trinajstić information content (AvgIpc) is 3.39. The predicted molar refractivity (Wildman–Crippen MR) is 152 cm³/mol. The molecular formula is C31H36F3N5O. The number of halogens is 3. The topological polar surface area (TPSA) is 98.0 Å². The number of carbonyl (C=O) groups is 1. The SMILES string of the molecule is N=C(C=Cc1ccc(C(F)(F)F)cc1)N1CCC(C(NC2CCC(c3c[nH]c4ccccc34)CC2)C(N)=O)CC1. The third-order valence-corrected chi connectivity index (χ3v) is 8.53. The van der Waals surface area contributed by atoms with E-state index in [1.54, 1.807) is 12.2 Å². The number of para-hydroxylation sites is 1. The third-order valence-electron chi connectivity index (χ3n) is 8.53. The Hall–Kier alpha value is -3.59.